The number of anilines is 2. The van der Waals surface area contributed by atoms with Gasteiger partial charge in [-0.05, 0) is 31.5 Å². The summed E-state index contributed by atoms with van der Waals surface area (Å²) in [4.78, 5) is 4.27. The molecule has 0 atom stereocenters. The highest BCUT2D eigenvalue weighted by Crippen LogP contribution is 2.12. The molecule has 0 aliphatic heterocycles. The minimum absolute atomic E-state index is 0.318. The van der Waals surface area contributed by atoms with E-state index in [1.807, 2.05) is 38.1 Å². The molecule has 96 valence electrons. The molecule has 18 heavy (non-hydrogen) atoms. The lowest BCUT2D eigenvalue weighted by Crippen LogP contribution is -2.10. The second-order valence-corrected chi connectivity index (χ2v) is 4.73. The summed E-state index contributed by atoms with van der Waals surface area (Å²) < 4.78 is 0. The summed E-state index contributed by atoms with van der Waals surface area (Å²) in [6, 6.07) is 8.00. The van der Waals surface area contributed by atoms with E-state index in [9.17, 15) is 0 Å². The van der Waals surface area contributed by atoms with Crippen LogP contribution >= 0.6 is 11.6 Å². The van der Waals surface area contributed by atoms with Crippen molar-refractivity contribution in [2.45, 2.75) is 26.4 Å². The van der Waals surface area contributed by atoms with Crippen LogP contribution in [-0.4, -0.2) is 21.2 Å². The van der Waals surface area contributed by atoms with Gasteiger partial charge in [0.15, 0.2) is 0 Å². The number of H-pyrrole nitrogens is 1. The number of benzene rings is 1. The zero-order valence-electron chi connectivity index (χ0n) is 10.4. The molecule has 2 rings (SSSR count). The summed E-state index contributed by atoms with van der Waals surface area (Å²) in [5.74, 6) is 1.23. The number of aromatic nitrogens is 3. The Morgan fingerprint density at radius 2 is 2.22 bits per heavy atom. The van der Waals surface area contributed by atoms with Crippen LogP contribution in [0.3, 0.4) is 0 Å². The van der Waals surface area contributed by atoms with Crippen LogP contribution in [0.5, 0.6) is 0 Å². The van der Waals surface area contributed by atoms with E-state index in [0.29, 0.717) is 24.5 Å². The topological polar surface area (TPSA) is 65.6 Å². The van der Waals surface area contributed by atoms with E-state index in [2.05, 4.69) is 25.8 Å². The molecule has 0 unspecified atom stereocenters. The van der Waals surface area contributed by atoms with Crippen LogP contribution in [0.15, 0.2) is 24.3 Å². The molecule has 0 spiro atoms. The van der Waals surface area contributed by atoms with Crippen LogP contribution in [0.1, 0.15) is 19.4 Å². The predicted octanol–water partition coefficient (Wildman–Crippen LogP) is 2.89. The van der Waals surface area contributed by atoms with Crippen molar-refractivity contribution >= 4 is 23.5 Å². The molecular formula is C12H16ClN5. The quantitative estimate of drug-likeness (QED) is 0.778. The minimum atomic E-state index is 0.318. The number of nitrogens with zero attached hydrogens (tertiary/aromatic N) is 2. The summed E-state index contributed by atoms with van der Waals surface area (Å²) >= 11 is 5.91. The van der Waals surface area contributed by atoms with Crippen molar-refractivity contribution in [3.05, 3.63) is 34.9 Å². The summed E-state index contributed by atoms with van der Waals surface area (Å²) in [6.07, 6.45) is 0. The van der Waals surface area contributed by atoms with E-state index in [1.54, 1.807) is 0 Å². The molecule has 0 bridgehead atoms. The first-order valence-corrected chi connectivity index (χ1v) is 6.18. The summed E-state index contributed by atoms with van der Waals surface area (Å²) in [5.41, 5.74) is 1.09. The van der Waals surface area contributed by atoms with Crippen molar-refractivity contribution in [1.29, 1.82) is 0 Å². The third-order valence-corrected chi connectivity index (χ3v) is 2.49. The molecule has 0 amide bonds. The number of halogens is 1. The molecule has 6 heteroatoms. The molecule has 2 aromatic rings. The molecule has 1 aromatic heterocycles. The monoisotopic (exact) mass is 265 g/mol. The highest BCUT2D eigenvalue weighted by Gasteiger charge is 2.03. The van der Waals surface area contributed by atoms with Gasteiger partial charge in [-0.3, -0.25) is 0 Å². The highest BCUT2D eigenvalue weighted by molar-refractivity contribution is 6.30. The molecule has 0 radical (unpaired) electrons. The third kappa shape index (κ3) is 3.63. The Hall–Kier alpha value is -1.75. The zero-order valence-corrected chi connectivity index (χ0v) is 11.1. The molecule has 0 saturated carbocycles. The molecule has 0 aliphatic rings. The molecule has 0 aliphatic carbocycles. The molecule has 1 heterocycles. The number of aromatic amines is 1. The third-order valence-electron chi connectivity index (χ3n) is 2.25. The van der Waals surface area contributed by atoms with E-state index in [-0.39, 0.29) is 0 Å². The Labute approximate surface area is 111 Å². The van der Waals surface area contributed by atoms with E-state index < -0.39 is 0 Å². The number of nitrogens with one attached hydrogen (secondary N) is 3. The lowest BCUT2D eigenvalue weighted by molar-refractivity contribution is 0.876. The number of rotatable bonds is 5. The van der Waals surface area contributed by atoms with Crippen molar-refractivity contribution in [1.82, 2.24) is 15.2 Å². The lowest BCUT2D eigenvalue weighted by Gasteiger charge is -2.04. The van der Waals surface area contributed by atoms with Crippen molar-refractivity contribution in [3.8, 4) is 0 Å². The fourth-order valence-corrected chi connectivity index (χ4v) is 1.72. The Bertz CT molecular complexity index is 509. The van der Waals surface area contributed by atoms with Crippen LogP contribution in [0.4, 0.5) is 11.9 Å². The first-order chi connectivity index (χ1) is 8.63. The molecule has 5 nitrogen and oxygen atoms in total. The maximum absolute atomic E-state index is 5.91. The van der Waals surface area contributed by atoms with Gasteiger partial charge in [0.1, 0.15) is 0 Å². The van der Waals surface area contributed by atoms with Gasteiger partial charge in [-0.25, -0.2) is 5.10 Å². The standard InChI is InChI=1S/C12H16ClN5/c1-8(2)15-12-16-11(17-18-12)14-7-9-4-3-5-10(13)6-9/h3-6,8H,7H2,1-2H3,(H3,14,15,16,17,18). The van der Waals surface area contributed by atoms with E-state index in [0.717, 1.165) is 10.6 Å². The van der Waals surface area contributed by atoms with Gasteiger partial charge in [0.05, 0.1) is 0 Å². The van der Waals surface area contributed by atoms with Gasteiger partial charge in [0.2, 0.25) is 11.9 Å². The Kier molecular flexibility index (Phi) is 4.04. The van der Waals surface area contributed by atoms with Crippen LogP contribution < -0.4 is 10.6 Å². The summed E-state index contributed by atoms with van der Waals surface area (Å²) in [5, 5.41) is 13.9. The van der Waals surface area contributed by atoms with Crippen LogP contribution in [0.2, 0.25) is 5.02 Å². The molecular weight excluding hydrogens is 250 g/mol. The average Bonchev–Trinajstić information content (AvgIpc) is 2.73. The number of hydrogen-bond donors (Lipinski definition) is 3. The van der Waals surface area contributed by atoms with Crippen LogP contribution in [0.25, 0.3) is 0 Å². The normalized spacial score (nSPS) is 10.7. The van der Waals surface area contributed by atoms with Gasteiger partial charge >= 0.3 is 0 Å². The Morgan fingerprint density at radius 3 is 2.94 bits per heavy atom. The van der Waals surface area contributed by atoms with E-state index in [4.69, 9.17) is 11.6 Å². The molecule has 0 fully saturated rings. The van der Waals surface area contributed by atoms with Gasteiger partial charge in [-0.15, -0.1) is 5.10 Å². The average molecular weight is 266 g/mol. The molecule has 1 aromatic carbocycles. The van der Waals surface area contributed by atoms with Crippen molar-refractivity contribution in [2.75, 3.05) is 10.6 Å². The van der Waals surface area contributed by atoms with Gasteiger partial charge in [0, 0.05) is 17.6 Å². The van der Waals surface area contributed by atoms with Gasteiger partial charge in [-0.2, -0.15) is 4.98 Å². The van der Waals surface area contributed by atoms with E-state index in [1.165, 1.54) is 0 Å². The first kappa shape index (κ1) is 12.7. The minimum Gasteiger partial charge on any atom is -0.352 e. The molecule has 0 saturated heterocycles. The smallest absolute Gasteiger partial charge is 0.243 e. The predicted molar refractivity (Wildman–Crippen MR) is 73.9 cm³/mol. The Morgan fingerprint density at radius 1 is 1.39 bits per heavy atom. The zero-order chi connectivity index (χ0) is 13.0. The highest BCUT2D eigenvalue weighted by atomic mass is 35.5. The second-order valence-electron chi connectivity index (χ2n) is 4.29. The van der Waals surface area contributed by atoms with Crippen LogP contribution in [0, 0.1) is 0 Å². The maximum atomic E-state index is 5.91. The Balaban J connectivity index is 1.92. The SMILES string of the molecule is CC(C)Nc1nc(NCc2cccc(Cl)c2)n[nH]1. The van der Waals surface area contributed by atoms with Gasteiger partial charge in [-0.1, -0.05) is 23.7 Å². The fraction of sp³-hybridized carbons (Fsp3) is 0.333. The van der Waals surface area contributed by atoms with Crippen molar-refractivity contribution < 1.29 is 0 Å². The maximum Gasteiger partial charge on any atom is 0.243 e. The number of hydrogen-bond acceptors (Lipinski definition) is 4. The van der Waals surface area contributed by atoms with Crippen molar-refractivity contribution in [3.63, 3.8) is 0 Å². The molecule has 3 N–H and O–H groups in total. The van der Waals surface area contributed by atoms with E-state index >= 15 is 0 Å². The fourth-order valence-electron chi connectivity index (χ4n) is 1.51. The second kappa shape index (κ2) is 5.73. The van der Waals surface area contributed by atoms with Gasteiger partial charge < -0.3 is 10.6 Å². The summed E-state index contributed by atoms with van der Waals surface area (Å²) in [7, 11) is 0. The van der Waals surface area contributed by atoms with Crippen LogP contribution in [-0.2, 0) is 6.54 Å². The van der Waals surface area contributed by atoms with Crippen molar-refractivity contribution in [2.24, 2.45) is 0 Å². The van der Waals surface area contributed by atoms with Gasteiger partial charge in [0.25, 0.3) is 0 Å². The lowest BCUT2D eigenvalue weighted by atomic mass is 10.2. The first-order valence-electron chi connectivity index (χ1n) is 5.81. The largest absolute Gasteiger partial charge is 0.352 e. The summed E-state index contributed by atoms with van der Waals surface area (Å²) in [6.45, 7) is 4.72.